The highest BCUT2D eigenvalue weighted by Crippen LogP contribution is 2.28. The maximum absolute atomic E-state index is 13.2. The van der Waals surface area contributed by atoms with E-state index in [9.17, 15) is 19.2 Å². The number of ether oxygens (including phenoxy) is 1. The number of hydrogen-bond donors (Lipinski definition) is 2. The van der Waals surface area contributed by atoms with Gasteiger partial charge in [0.05, 0.1) is 12.2 Å². The molecule has 1 aromatic carbocycles. The molecule has 1 saturated heterocycles. The Morgan fingerprint density at radius 2 is 1.73 bits per heavy atom. The van der Waals surface area contributed by atoms with Crippen LogP contribution < -0.4 is 10.6 Å². The van der Waals surface area contributed by atoms with Gasteiger partial charge in [-0.3, -0.25) is 19.3 Å². The van der Waals surface area contributed by atoms with Gasteiger partial charge in [-0.1, -0.05) is 12.1 Å². The number of hydrogen-bond acceptors (Lipinski definition) is 7. The summed E-state index contributed by atoms with van der Waals surface area (Å²) in [6.07, 6.45) is 0.855. The first-order valence-electron chi connectivity index (χ1n) is 13.5. The third kappa shape index (κ3) is 6.11. The van der Waals surface area contributed by atoms with Crippen LogP contribution in [0.15, 0.2) is 30.5 Å². The van der Waals surface area contributed by atoms with Gasteiger partial charge in [-0.05, 0) is 59.4 Å². The van der Waals surface area contributed by atoms with Gasteiger partial charge in [0.25, 0.3) is 5.91 Å². The summed E-state index contributed by atoms with van der Waals surface area (Å²) in [5.41, 5.74) is 1.19. The number of carbonyl (C=O) groups excluding carboxylic acids is 4. The van der Waals surface area contributed by atoms with Crippen LogP contribution in [0.2, 0.25) is 0 Å². The lowest BCUT2D eigenvalue weighted by atomic mass is 10.0. The summed E-state index contributed by atoms with van der Waals surface area (Å²) < 4.78 is 7.07. The molecule has 40 heavy (non-hydrogen) atoms. The first-order valence-corrected chi connectivity index (χ1v) is 13.5. The number of benzene rings is 1. The number of alkyl carbamates (subject to hydrolysis) is 1. The lowest BCUT2D eigenvalue weighted by Gasteiger charge is -2.37. The van der Waals surface area contributed by atoms with E-state index >= 15 is 0 Å². The number of fused-ring (bicyclic) bond motifs is 1. The SMILES string of the molecule is CC1c2ncc(C(=O)Nc3ccc(C4C(=O)N(C)CCN4C)cc3)n2CCN1C(=O)[C@@H](C)NC(=O)OC(C)(C)C. The highest BCUT2D eigenvalue weighted by Gasteiger charge is 2.35. The van der Waals surface area contributed by atoms with Gasteiger partial charge in [0.2, 0.25) is 11.8 Å². The fourth-order valence-corrected chi connectivity index (χ4v) is 5.06. The largest absolute Gasteiger partial charge is 0.444 e. The number of anilines is 1. The van der Waals surface area contributed by atoms with Crippen molar-refractivity contribution in [1.82, 2.24) is 29.6 Å². The van der Waals surface area contributed by atoms with Gasteiger partial charge in [-0.25, -0.2) is 9.78 Å². The molecule has 0 radical (unpaired) electrons. The van der Waals surface area contributed by atoms with Crippen molar-refractivity contribution in [2.45, 2.75) is 64.9 Å². The smallest absolute Gasteiger partial charge is 0.408 e. The van der Waals surface area contributed by atoms with Crippen LogP contribution in [0.4, 0.5) is 10.5 Å². The second-order valence-electron chi connectivity index (χ2n) is 11.4. The summed E-state index contributed by atoms with van der Waals surface area (Å²) in [4.78, 5) is 60.9. The second kappa shape index (κ2) is 11.3. The zero-order chi connectivity index (χ0) is 29.4. The molecule has 0 aliphatic carbocycles. The Morgan fingerprint density at radius 3 is 2.38 bits per heavy atom. The molecule has 3 heterocycles. The predicted molar refractivity (Wildman–Crippen MR) is 149 cm³/mol. The van der Waals surface area contributed by atoms with Crippen molar-refractivity contribution in [3.05, 3.63) is 47.5 Å². The van der Waals surface area contributed by atoms with Crippen molar-refractivity contribution in [3.63, 3.8) is 0 Å². The number of nitrogens with one attached hydrogen (secondary N) is 2. The van der Waals surface area contributed by atoms with E-state index in [1.165, 1.54) is 6.20 Å². The van der Waals surface area contributed by atoms with Crippen LogP contribution in [-0.2, 0) is 20.9 Å². The molecule has 12 nitrogen and oxygen atoms in total. The van der Waals surface area contributed by atoms with Gasteiger partial charge >= 0.3 is 6.09 Å². The molecular weight excluding hydrogens is 514 g/mol. The Labute approximate surface area is 234 Å². The fourth-order valence-electron chi connectivity index (χ4n) is 5.06. The molecular formula is C28H39N7O5. The Kier molecular flexibility index (Phi) is 8.20. The zero-order valence-corrected chi connectivity index (χ0v) is 24.2. The Morgan fingerprint density at radius 1 is 1.05 bits per heavy atom. The number of imidazole rings is 1. The predicted octanol–water partition coefficient (Wildman–Crippen LogP) is 2.40. The van der Waals surface area contributed by atoms with Crippen molar-refractivity contribution >= 4 is 29.5 Å². The summed E-state index contributed by atoms with van der Waals surface area (Å²) in [6.45, 7) is 11.0. The molecule has 2 aliphatic heterocycles. The van der Waals surface area contributed by atoms with E-state index in [-0.39, 0.29) is 23.8 Å². The molecule has 2 N–H and O–H groups in total. The molecule has 2 unspecified atom stereocenters. The summed E-state index contributed by atoms with van der Waals surface area (Å²) in [5.74, 6) is 0.0663. The minimum absolute atomic E-state index is 0.0492. The molecule has 0 spiro atoms. The minimum atomic E-state index is -0.784. The summed E-state index contributed by atoms with van der Waals surface area (Å²) in [6, 6.07) is 5.77. The first kappa shape index (κ1) is 29.1. The molecule has 12 heteroatoms. The lowest BCUT2D eigenvalue weighted by molar-refractivity contribution is -0.139. The summed E-state index contributed by atoms with van der Waals surface area (Å²) >= 11 is 0. The van der Waals surface area contributed by atoms with Gasteiger partial charge in [0.1, 0.15) is 29.2 Å². The second-order valence-corrected chi connectivity index (χ2v) is 11.4. The van der Waals surface area contributed by atoms with Gasteiger partial charge < -0.3 is 29.7 Å². The molecule has 4 rings (SSSR count). The summed E-state index contributed by atoms with van der Waals surface area (Å²) in [5, 5.41) is 5.51. The number of piperazine rings is 1. The molecule has 1 aromatic heterocycles. The average molecular weight is 554 g/mol. The Hall–Kier alpha value is -3.93. The van der Waals surface area contributed by atoms with E-state index in [0.29, 0.717) is 36.8 Å². The van der Waals surface area contributed by atoms with Gasteiger partial charge in [-0.15, -0.1) is 0 Å². The molecule has 216 valence electrons. The standard InChI is InChI=1S/C28H39N7O5/c1-17(30-27(39)40-28(3,4)5)25(37)34-14-15-35-21(16-29-23(35)18(34)2)24(36)31-20-10-8-19(9-11-20)22-26(38)33(7)13-12-32(22)6/h8-11,16-18,22H,12-15H2,1-7H3,(H,30,39)(H,31,36)/t17-,18?,22?/m1/s1. The first-order chi connectivity index (χ1) is 18.8. The quantitative estimate of drug-likeness (QED) is 0.582. The summed E-state index contributed by atoms with van der Waals surface area (Å²) in [7, 11) is 3.74. The van der Waals surface area contributed by atoms with Gasteiger partial charge in [-0.2, -0.15) is 0 Å². The van der Waals surface area contributed by atoms with Gasteiger partial charge in [0.15, 0.2) is 0 Å². The molecule has 1 fully saturated rings. The van der Waals surface area contributed by atoms with E-state index in [4.69, 9.17) is 4.74 Å². The Balaban J connectivity index is 1.40. The van der Waals surface area contributed by atoms with Gasteiger partial charge in [0, 0.05) is 38.9 Å². The molecule has 4 amide bonds. The van der Waals surface area contributed by atoms with E-state index in [0.717, 1.165) is 12.1 Å². The van der Waals surface area contributed by atoms with Crippen LogP contribution >= 0.6 is 0 Å². The minimum Gasteiger partial charge on any atom is -0.444 e. The molecule has 2 aromatic rings. The number of aromatic nitrogens is 2. The molecule has 3 atom stereocenters. The molecule has 2 aliphatic rings. The number of likely N-dealkylation sites (N-methyl/N-ethyl adjacent to an activating group) is 2. The highest BCUT2D eigenvalue weighted by molar-refractivity contribution is 6.03. The number of nitrogens with zero attached hydrogens (tertiary/aromatic N) is 5. The maximum Gasteiger partial charge on any atom is 0.408 e. The van der Waals surface area contributed by atoms with E-state index in [1.54, 1.807) is 56.7 Å². The number of carbonyl (C=O) groups is 4. The normalized spacial score (nSPS) is 20.5. The monoisotopic (exact) mass is 553 g/mol. The van der Waals surface area contributed by atoms with Crippen molar-refractivity contribution in [2.24, 2.45) is 0 Å². The van der Waals surface area contributed by atoms with Crippen LogP contribution in [0, 0.1) is 0 Å². The maximum atomic E-state index is 13.2. The van der Waals surface area contributed by atoms with E-state index in [1.807, 2.05) is 35.6 Å². The Bertz CT molecular complexity index is 1280. The number of rotatable bonds is 5. The van der Waals surface area contributed by atoms with E-state index < -0.39 is 23.8 Å². The van der Waals surface area contributed by atoms with Crippen LogP contribution in [0.25, 0.3) is 0 Å². The average Bonchev–Trinajstić information content (AvgIpc) is 3.31. The van der Waals surface area contributed by atoms with Crippen molar-refractivity contribution in [1.29, 1.82) is 0 Å². The number of amides is 4. The van der Waals surface area contributed by atoms with Crippen LogP contribution in [0.5, 0.6) is 0 Å². The van der Waals surface area contributed by atoms with Crippen LogP contribution in [-0.4, -0.2) is 93.4 Å². The van der Waals surface area contributed by atoms with Crippen LogP contribution in [0.1, 0.15) is 68.6 Å². The van der Waals surface area contributed by atoms with Crippen LogP contribution in [0.3, 0.4) is 0 Å². The zero-order valence-electron chi connectivity index (χ0n) is 24.2. The molecule has 0 bridgehead atoms. The fraction of sp³-hybridized carbons (Fsp3) is 0.536. The van der Waals surface area contributed by atoms with Crippen molar-refractivity contribution in [3.8, 4) is 0 Å². The molecule has 0 saturated carbocycles. The third-order valence-electron chi connectivity index (χ3n) is 7.23. The van der Waals surface area contributed by atoms with Crippen molar-refractivity contribution < 1.29 is 23.9 Å². The highest BCUT2D eigenvalue weighted by atomic mass is 16.6. The van der Waals surface area contributed by atoms with E-state index in [2.05, 4.69) is 15.6 Å². The lowest BCUT2D eigenvalue weighted by Crippen LogP contribution is -2.51. The van der Waals surface area contributed by atoms with Crippen molar-refractivity contribution in [2.75, 3.05) is 39.0 Å². The topological polar surface area (TPSA) is 129 Å². The third-order valence-corrected chi connectivity index (χ3v) is 7.23.